The Morgan fingerprint density at radius 1 is 0.607 bits per heavy atom. The van der Waals surface area contributed by atoms with Gasteiger partial charge in [-0.2, -0.15) is 0 Å². The van der Waals surface area contributed by atoms with E-state index in [-0.39, 0.29) is 0 Å². The lowest BCUT2D eigenvalue weighted by atomic mass is 9.89. The number of piperidine rings is 1. The highest BCUT2D eigenvalue weighted by Gasteiger charge is 2.38. The minimum Gasteiger partial charge on any atom is -0.301 e. The van der Waals surface area contributed by atoms with Gasteiger partial charge in [0.05, 0.1) is 0 Å². The Kier molecular flexibility index (Phi) is 7.05. The quantitative estimate of drug-likeness (QED) is 0.624. The lowest BCUT2D eigenvalue weighted by Crippen LogP contribution is -2.44. The van der Waals surface area contributed by atoms with Crippen LogP contribution in [0, 0.1) is 23.7 Å². The van der Waals surface area contributed by atoms with Crippen molar-refractivity contribution in [2.75, 3.05) is 39.3 Å². The van der Waals surface area contributed by atoms with Gasteiger partial charge in [-0.25, -0.2) is 0 Å². The summed E-state index contributed by atoms with van der Waals surface area (Å²) >= 11 is 0. The molecule has 162 valence electrons. The second-order valence-corrected chi connectivity index (χ2v) is 11.3. The largest absolute Gasteiger partial charge is 0.301 e. The van der Waals surface area contributed by atoms with Crippen LogP contribution in [-0.4, -0.2) is 72.1 Å². The summed E-state index contributed by atoms with van der Waals surface area (Å²) in [6, 6.07) is 2.31. The van der Waals surface area contributed by atoms with Crippen LogP contribution in [0.2, 0.25) is 0 Å². The third kappa shape index (κ3) is 4.95. The van der Waals surface area contributed by atoms with Crippen LogP contribution in [0.3, 0.4) is 0 Å². The van der Waals surface area contributed by atoms with Gasteiger partial charge in [0.25, 0.3) is 0 Å². The van der Waals surface area contributed by atoms with Crippen molar-refractivity contribution >= 4 is 0 Å². The zero-order valence-electron chi connectivity index (χ0n) is 19.3. The molecular formula is C25H47N3. The predicted octanol–water partition coefficient (Wildman–Crippen LogP) is 4.72. The smallest absolute Gasteiger partial charge is 0.00702 e. The summed E-state index contributed by atoms with van der Waals surface area (Å²) in [4.78, 5) is 8.40. The maximum atomic E-state index is 2.86. The van der Waals surface area contributed by atoms with Gasteiger partial charge in [-0.1, -0.05) is 6.42 Å². The number of hydrogen-bond acceptors (Lipinski definition) is 3. The normalized spacial score (nSPS) is 37.6. The molecule has 0 aromatic carbocycles. The van der Waals surface area contributed by atoms with Crippen LogP contribution in [0.15, 0.2) is 0 Å². The van der Waals surface area contributed by atoms with Gasteiger partial charge in [-0.05, 0) is 109 Å². The number of rotatable bonds is 7. The number of hydrogen-bond donors (Lipinski definition) is 0. The maximum absolute atomic E-state index is 2.86. The highest BCUT2D eigenvalue weighted by Crippen LogP contribution is 2.39. The van der Waals surface area contributed by atoms with Gasteiger partial charge in [0.1, 0.15) is 0 Å². The van der Waals surface area contributed by atoms with E-state index < -0.39 is 0 Å². The predicted molar refractivity (Wildman–Crippen MR) is 120 cm³/mol. The van der Waals surface area contributed by atoms with Crippen LogP contribution in [0.5, 0.6) is 0 Å². The third-order valence-electron chi connectivity index (χ3n) is 8.95. The Labute approximate surface area is 175 Å². The van der Waals surface area contributed by atoms with Crippen molar-refractivity contribution in [2.45, 2.75) is 97.2 Å². The van der Waals surface area contributed by atoms with Crippen molar-refractivity contribution in [1.82, 2.24) is 14.7 Å². The van der Waals surface area contributed by atoms with Crippen LogP contribution in [0.4, 0.5) is 0 Å². The molecule has 0 aromatic rings. The zero-order chi connectivity index (χ0) is 19.7. The molecule has 3 heterocycles. The van der Waals surface area contributed by atoms with Gasteiger partial charge in [-0.3, -0.25) is 0 Å². The van der Waals surface area contributed by atoms with E-state index in [0.717, 1.165) is 41.8 Å². The standard InChI is InChI=1S/C25H47N3/c1-19(2)26-12-10-23(15-26)13-20(3)27-11-6-7-22(16-27)14-21(4)28-17-24-8-5-9-25(24)18-28/h19-25H,5-18H2,1-4H3. The molecule has 3 saturated heterocycles. The van der Waals surface area contributed by atoms with Gasteiger partial charge in [-0.15, -0.1) is 0 Å². The van der Waals surface area contributed by atoms with Crippen LogP contribution < -0.4 is 0 Å². The SMILES string of the molecule is CC(C)N1CCC(CC(C)N2CCCC(CC(C)N3CC4CCCC4C3)C2)C1. The lowest BCUT2D eigenvalue weighted by Gasteiger charge is -2.39. The Balaban J connectivity index is 1.21. The number of fused-ring (bicyclic) bond motifs is 1. The summed E-state index contributed by atoms with van der Waals surface area (Å²) in [7, 11) is 0. The Morgan fingerprint density at radius 3 is 1.86 bits per heavy atom. The zero-order valence-corrected chi connectivity index (χ0v) is 19.3. The molecule has 1 saturated carbocycles. The van der Waals surface area contributed by atoms with Crippen molar-refractivity contribution in [2.24, 2.45) is 23.7 Å². The molecule has 0 radical (unpaired) electrons. The van der Waals surface area contributed by atoms with E-state index in [1.165, 1.54) is 90.6 Å². The molecule has 6 atom stereocenters. The average molecular weight is 390 g/mol. The molecule has 3 heteroatoms. The highest BCUT2D eigenvalue weighted by atomic mass is 15.2. The molecule has 0 amide bonds. The van der Waals surface area contributed by atoms with E-state index in [0.29, 0.717) is 0 Å². The molecule has 0 spiro atoms. The second-order valence-electron chi connectivity index (χ2n) is 11.3. The summed E-state index contributed by atoms with van der Waals surface area (Å²) in [5.74, 6) is 3.95. The molecule has 0 aromatic heterocycles. The molecule has 0 N–H and O–H groups in total. The Morgan fingerprint density at radius 2 is 1.21 bits per heavy atom. The van der Waals surface area contributed by atoms with Gasteiger partial charge >= 0.3 is 0 Å². The van der Waals surface area contributed by atoms with Gasteiger partial charge in [0.15, 0.2) is 0 Å². The van der Waals surface area contributed by atoms with Crippen LogP contribution in [-0.2, 0) is 0 Å². The molecule has 3 aliphatic heterocycles. The molecule has 4 rings (SSSR count). The molecule has 28 heavy (non-hydrogen) atoms. The minimum absolute atomic E-state index is 0.728. The molecule has 6 unspecified atom stereocenters. The fourth-order valence-corrected chi connectivity index (χ4v) is 7.11. The second kappa shape index (κ2) is 9.35. The van der Waals surface area contributed by atoms with Gasteiger partial charge in [0.2, 0.25) is 0 Å². The third-order valence-corrected chi connectivity index (χ3v) is 8.95. The lowest BCUT2D eigenvalue weighted by molar-refractivity contribution is 0.0949. The highest BCUT2D eigenvalue weighted by molar-refractivity contribution is 4.91. The van der Waals surface area contributed by atoms with Crippen molar-refractivity contribution in [3.05, 3.63) is 0 Å². The summed E-state index contributed by atoms with van der Waals surface area (Å²) in [6.07, 6.45) is 11.7. The fraction of sp³-hybridized carbons (Fsp3) is 1.00. The Hall–Kier alpha value is -0.120. The molecule has 4 fully saturated rings. The first kappa shape index (κ1) is 21.1. The van der Waals surface area contributed by atoms with Crippen molar-refractivity contribution < 1.29 is 0 Å². The number of likely N-dealkylation sites (tertiary alicyclic amines) is 3. The van der Waals surface area contributed by atoms with Crippen molar-refractivity contribution in [1.29, 1.82) is 0 Å². The van der Waals surface area contributed by atoms with E-state index in [2.05, 4.69) is 42.4 Å². The Bertz CT molecular complexity index is 480. The first-order valence-corrected chi connectivity index (χ1v) is 12.7. The van der Waals surface area contributed by atoms with E-state index in [4.69, 9.17) is 0 Å². The monoisotopic (exact) mass is 389 g/mol. The van der Waals surface area contributed by atoms with E-state index in [1.54, 1.807) is 0 Å². The average Bonchev–Trinajstić information content (AvgIpc) is 3.37. The van der Waals surface area contributed by atoms with Crippen molar-refractivity contribution in [3.63, 3.8) is 0 Å². The topological polar surface area (TPSA) is 9.72 Å². The molecular weight excluding hydrogens is 342 g/mol. The molecule has 3 nitrogen and oxygen atoms in total. The van der Waals surface area contributed by atoms with Crippen molar-refractivity contribution in [3.8, 4) is 0 Å². The van der Waals surface area contributed by atoms with Crippen LogP contribution in [0.1, 0.15) is 79.1 Å². The van der Waals surface area contributed by atoms with Crippen LogP contribution in [0.25, 0.3) is 0 Å². The molecule has 1 aliphatic carbocycles. The first-order chi connectivity index (χ1) is 13.5. The summed E-state index contributed by atoms with van der Waals surface area (Å²) < 4.78 is 0. The molecule has 4 aliphatic rings. The fourth-order valence-electron chi connectivity index (χ4n) is 7.11. The van der Waals surface area contributed by atoms with Gasteiger partial charge in [0, 0.05) is 44.3 Å². The molecule has 0 bridgehead atoms. The maximum Gasteiger partial charge on any atom is 0.00702 e. The van der Waals surface area contributed by atoms with E-state index >= 15 is 0 Å². The summed E-state index contributed by atoms with van der Waals surface area (Å²) in [5.41, 5.74) is 0. The summed E-state index contributed by atoms with van der Waals surface area (Å²) in [5, 5.41) is 0. The minimum atomic E-state index is 0.728. The summed E-state index contributed by atoms with van der Waals surface area (Å²) in [6.45, 7) is 18.0. The van der Waals surface area contributed by atoms with Gasteiger partial charge < -0.3 is 14.7 Å². The number of nitrogens with zero attached hydrogens (tertiary/aromatic N) is 3. The van der Waals surface area contributed by atoms with Crippen LogP contribution >= 0.6 is 0 Å². The van der Waals surface area contributed by atoms with E-state index in [9.17, 15) is 0 Å². The first-order valence-electron chi connectivity index (χ1n) is 12.7. The van der Waals surface area contributed by atoms with E-state index in [1.807, 2.05) is 0 Å².